The van der Waals surface area contributed by atoms with Gasteiger partial charge in [0.1, 0.15) is 5.41 Å². The highest BCUT2D eigenvalue weighted by Crippen LogP contribution is 2.52. The van der Waals surface area contributed by atoms with E-state index in [0.29, 0.717) is 18.4 Å². The molecule has 0 spiro atoms. The molecule has 0 radical (unpaired) electrons. The van der Waals surface area contributed by atoms with Crippen molar-refractivity contribution in [3.05, 3.63) is 30.1 Å². The lowest BCUT2D eigenvalue weighted by Crippen LogP contribution is -2.60. The van der Waals surface area contributed by atoms with Gasteiger partial charge in [-0.25, -0.2) is 0 Å². The molecular weight excluding hydrogens is 222 g/mol. The normalized spacial score (nSPS) is 20.6. The highest BCUT2D eigenvalue weighted by atomic mass is 16.7. The Hall–Kier alpha value is -1.46. The Balaban J connectivity index is 2.31. The van der Waals surface area contributed by atoms with E-state index in [1.54, 1.807) is 24.5 Å². The predicted octanol–water partition coefficient (Wildman–Crippen LogP) is 1.19. The van der Waals surface area contributed by atoms with E-state index in [0.717, 1.165) is 0 Å². The van der Waals surface area contributed by atoms with Gasteiger partial charge in [-0.3, -0.25) is 9.78 Å². The molecule has 0 aromatic carbocycles. The zero-order valence-corrected chi connectivity index (χ0v) is 9.84. The molecule has 1 saturated carbocycles. The first-order valence-corrected chi connectivity index (χ1v) is 5.33. The van der Waals surface area contributed by atoms with Gasteiger partial charge in [0.25, 0.3) is 0 Å². The molecule has 17 heavy (non-hydrogen) atoms. The van der Waals surface area contributed by atoms with Crippen molar-refractivity contribution in [3.63, 3.8) is 0 Å². The summed E-state index contributed by atoms with van der Waals surface area (Å²) in [5, 5.41) is 9.42. The third-order valence-corrected chi connectivity index (χ3v) is 3.51. The summed E-state index contributed by atoms with van der Waals surface area (Å²) in [4.78, 5) is 15.5. The van der Waals surface area contributed by atoms with Gasteiger partial charge >= 0.3 is 5.97 Å². The number of hydrogen-bond acceptors (Lipinski definition) is 4. The number of ether oxygens (including phenoxy) is 2. The van der Waals surface area contributed by atoms with Crippen LogP contribution in [-0.4, -0.2) is 36.1 Å². The number of hydrogen-bond donors (Lipinski definition) is 1. The molecule has 0 amide bonds. The molecule has 0 unspecified atom stereocenters. The fourth-order valence-corrected chi connectivity index (χ4v) is 2.36. The van der Waals surface area contributed by atoms with Crippen molar-refractivity contribution in [2.75, 3.05) is 14.2 Å². The van der Waals surface area contributed by atoms with E-state index >= 15 is 0 Å². The van der Waals surface area contributed by atoms with Gasteiger partial charge in [0, 0.05) is 39.5 Å². The minimum atomic E-state index is -0.944. The van der Waals surface area contributed by atoms with Crippen molar-refractivity contribution in [2.45, 2.75) is 24.0 Å². The number of methoxy groups -OCH3 is 2. The lowest BCUT2D eigenvalue weighted by Gasteiger charge is -2.51. The number of rotatable bonds is 4. The van der Waals surface area contributed by atoms with Crippen LogP contribution >= 0.6 is 0 Å². The molecule has 0 aliphatic heterocycles. The molecule has 5 heteroatoms. The van der Waals surface area contributed by atoms with E-state index in [1.165, 1.54) is 14.2 Å². The fraction of sp³-hybridized carbons (Fsp3) is 0.500. The van der Waals surface area contributed by atoms with Crippen molar-refractivity contribution >= 4 is 5.97 Å². The van der Waals surface area contributed by atoms with Gasteiger partial charge in [-0.15, -0.1) is 0 Å². The van der Waals surface area contributed by atoms with Gasteiger partial charge in [0.05, 0.1) is 0 Å². The lowest BCUT2D eigenvalue weighted by molar-refractivity contribution is -0.277. The molecule has 92 valence electrons. The Labute approximate surface area is 99.4 Å². The fourth-order valence-electron chi connectivity index (χ4n) is 2.36. The van der Waals surface area contributed by atoms with E-state index in [-0.39, 0.29) is 0 Å². The Kier molecular flexibility index (Phi) is 2.89. The van der Waals surface area contributed by atoms with Crippen molar-refractivity contribution in [1.82, 2.24) is 4.98 Å². The molecule has 1 N–H and O–H groups in total. The van der Waals surface area contributed by atoms with Crippen LogP contribution in [0, 0.1) is 0 Å². The lowest BCUT2D eigenvalue weighted by atomic mass is 9.61. The van der Waals surface area contributed by atoms with E-state index in [1.807, 2.05) is 0 Å². The van der Waals surface area contributed by atoms with Gasteiger partial charge in [-0.05, 0) is 11.6 Å². The third kappa shape index (κ3) is 1.71. The number of carbonyl (C=O) groups is 1. The summed E-state index contributed by atoms with van der Waals surface area (Å²) < 4.78 is 10.5. The zero-order valence-electron chi connectivity index (χ0n) is 9.84. The number of aliphatic carboxylic acids is 1. The van der Waals surface area contributed by atoms with E-state index in [2.05, 4.69) is 4.98 Å². The van der Waals surface area contributed by atoms with Crippen LogP contribution in [0.5, 0.6) is 0 Å². The van der Waals surface area contributed by atoms with Crippen LogP contribution in [0.3, 0.4) is 0 Å². The van der Waals surface area contributed by atoms with Crippen LogP contribution in [0.25, 0.3) is 0 Å². The number of nitrogens with zero attached hydrogens (tertiary/aromatic N) is 1. The molecule has 1 aromatic rings. The molecule has 2 rings (SSSR count). The van der Waals surface area contributed by atoms with Crippen LogP contribution < -0.4 is 0 Å². The molecule has 0 bridgehead atoms. The number of carboxylic acid groups (broad SMARTS) is 1. The molecular formula is C12H15NO4. The molecule has 1 fully saturated rings. The monoisotopic (exact) mass is 237 g/mol. The van der Waals surface area contributed by atoms with Crippen molar-refractivity contribution in [2.24, 2.45) is 0 Å². The van der Waals surface area contributed by atoms with Crippen LogP contribution in [0.2, 0.25) is 0 Å². The van der Waals surface area contributed by atoms with E-state index in [9.17, 15) is 9.90 Å². The average molecular weight is 237 g/mol. The standard InChI is InChI=1S/C12H15NO4/c1-16-12(17-2)7-11(8-12,10(14)15)9-4-3-5-13-6-9/h3-6H,7-8H2,1-2H3,(H,14,15). The quantitative estimate of drug-likeness (QED) is 0.796. The Morgan fingerprint density at radius 3 is 2.47 bits per heavy atom. The summed E-state index contributed by atoms with van der Waals surface area (Å²) in [5.74, 6) is -1.65. The van der Waals surface area contributed by atoms with Gasteiger partial charge < -0.3 is 14.6 Å². The average Bonchev–Trinajstić information content (AvgIpc) is 2.30. The highest BCUT2D eigenvalue weighted by molar-refractivity contribution is 5.83. The van der Waals surface area contributed by atoms with E-state index < -0.39 is 17.2 Å². The van der Waals surface area contributed by atoms with Crippen LogP contribution in [0.4, 0.5) is 0 Å². The molecule has 1 heterocycles. The SMILES string of the molecule is COC1(OC)CC(C(=O)O)(c2cccnc2)C1. The maximum atomic E-state index is 11.5. The number of carboxylic acids is 1. The van der Waals surface area contributed by atoms with Crippen LogP contribution in [0.1, 0.15) is 18.4 Å². The minimum Gasteiger partial charge on any atom is -0.481 e. The van der Waals surface area contributed by atoms with Gasteiger partial charge in [0.15, 0.2) is 5.79 Å². The topological polar surface area (TPSA) is 68.7 Å². The first kappa shape index (κ1) is 12.0. The molecule has 5 nitrogen and oxygen atoms in total. The zero-order chi connectivity index (χ0) is 12.5. The second-order valence-corrected chi connectivity index (χ2v) is 4.30. The summed E-state index contributed by atoms with van der Waals surface area (Å²) in [5.41, 5.74) is -0.252. The largest absolute Gasteiger partial charge is 0.481 e. The third-order valence-electron chi connectivity index (χ3n) is 3.51. The van der Waals surface area contributed by atoms with Crippen molar-refractivity contribution in [1.29, 1.82) is 0 Å². The van der Waals surface area contributed by atoms with Crippen molar-refractivity contribution in [3.8, 4) is 0 Å². The molecule has 0 atom stereocenters. The Morgan fingerprint density at radius 1 is 1.41 bits per heavy atom. The van der Waals surface area contributed by atoms with Gasteiger partial charge in [-0.2, -0.15) is 0 Å². The molecule has 0 saturated heterocycles. The molecule has 1 aliphatic carbocycles. The maximum absolute atomic E-state index is 11.5. The first-order valence-electron chi connectivity index (χ1n) is 5.33. The molecule has 1 aliphatic rings. The smallest absolute Gasteiger partial charge is 0.314 e. The first-order chi connectivity index (χ1) is 8.08. The molecule has 1 aromatic heterocycles. The van der Waals surface area contributed by atoms with Gasteiger partial charge in [0.2, 0.25) is 0 Å². The Bertz CT molecular complexity index is 406. The summed E-state index contributed by atoms with van der Waals surface area (Å²) in [6.07, 6.45) is 3.81. The summed E-state index contributed by atoms with van der Waals surface area (Å²) in [6.45, 7) is 0. The minimum absolute atomic E-state index is 0.300. The van der Waals surface area contributed by atoms with Gasteiger partial charge in [-0.1, -0.05) is 6.07 Å². The second kappa shape index (κ2) is 4.09. The van der Waals surface area contributed by atoms with Crippen LogP contribution in [-0.2, 0) is 19.7 Å². The van der Waals surface area contributed by atoms with Crippen molar-refractivity contribution < 1.29 is 19.4 Å². The number of pyridine rings is 1. The summed E-state index contributed by atoms with van der Waals surface area (Å²) in [6, 6.07) is 3.51. The number of aromatic nitrogens is 1. The summed E-state index contributed by atoms with van der Waals surface area (Å²) in [7, 11) is 3.05. The predicted molar refractivity (Wildman–Crippen MR) is 59.5 cm³/mol. The maximum Gasteiger partial charge on any atom is 0.314 e. The Morgan fingerprint density at radius 2 is 2.06 bits per heavy atom. The second-order valence-electron chi connectivity index (χ2n) is 4.30. The van der Waals surface area contributed by atoms with Crippen LogP contribution in [0.15, 0.2) is 24.5 Å². The highest BCUT2D eigenvalue weighted by Gasteiger charge is 2.61. The summed E-state index contributed by atoms with van der Waals surface area (Å²) >= 11 is 0. The van der Waals surface area contributed by atoms with E-state index in [4.69, 9.17) is 9.47 Å².